The number of nitrogens with zero attached hydrogens (tertiary/aromatic N) is 6. The van der Waals surface area contributed by atoms with Gasteiger partial charge in [0.15, 0.2) is 0 Å². The highest BCUT2D eigenvalue weighted by molar-refractivity contribution is 5.93. The van der Waals surface area contributed by atoms with Crippen LogP contribution in [0.15, 0.2) is 256 Å². The third-order valence-electron chi connectivity index (χ3n) is 14.8. The molecule has 0 aliphatic rings. The van der Waals surface area contributed by atoms with Crippen LogP contribution in [-0.4, -0.2) is 21.1 Å². The normalized spacial score (nSPS) is 11.6. The van der Waals surface area contributed by atoms with Crippen molar-refractivity contribution in [3.63, 3.8) is 0 Å². The van der Waals surface area contributed by atoms with Crippen LogP contribution in [0.4, 0.5) is 45.5 Å². The molecule has 0 amide bonds. The number of allylic oxidation sites excluding steroid dienone is 2. The predicted octanol–water partition coefficient (Wildman–Crippen LogP) is 19.9. The van der Waals surface area contributed by atoms with Crippen LogP contribution in [0.3, 0.4) is 0 Å². The first kappa shape index (κ1) is 51.6. The molecule has 0 N–H and O–H groups in total. The molecule has 0 saturated carbocycles. The molecule has 0 bridgehead atoms. The van der Waals surface area contributed by atoms with Crippen molar-refractivity contribution < 1.29 is 0 Å². The van der Waals surface area contributed by atoms with E-state index < -0.39 is 0 Å². The molecule has 79 heavy (non-hydrogen) atoms. The first-order valence-corrected chi connectivity index (χ1v) is 27.4. The van der Waals surface area contributed by atoms with E-state index in [2.05, 4.69) is 304 Å². The van der Waals surface area contributed by atoms with Crippen LogP contribution < -0.4 is 14.7 Å². The number of aromatic nitrogens is 3. The standard InChI is InChI=1S/C73H66N6/c1-8-11-29-64-52(4)77(69-34-21-19-30-65(64)69)59-47-49-63(50-48-59)79(58-27-16-13-17-28-58)61-41-37-55(38-42-61)71-70(74-67-32-22-31-66(72(67)75-71)73(5,6)7)54-35-39-60(40-36-54)78(57-25-14-12-15-26-57)62-45-43-56(44-46-62)76(51-10-3)68-33-20-18-24-53(68)23-9-2/h9-22,24-50H,2-3,8,23,51H2,1,4-7H3/b29-11-. The summed E-state index contributed by atoms with van der Waals surface area (Å²) in [5.41, 5.74) is 21.0. The van der Waals surface area contributed by atoms with Crippen molar-refractivity contribution in [1.29, 1.82) is 0 Å². The van der Waals surface area contributed by atoms with Crippen LogP contribution in [0.5, 0.6) is 0 Å². The lowest BCUT2D eigenvalue weighted by Gasteiger charge is -2.28. The molecule has 0 spiro atoms. The zero-order valence-corrected chi connectivity index (χ0v) is 45.9. The van der Waals surface area contributed by atoms with Gasteiger partial charge in [-0.15, -0.1) is 13.2 Å². The summed E-state index contributed by atoms with van der Waals surface area (Å²) >= 11 is 0. The molecule has 11 aromatic rings. The second-order valence-corrected chi connectivity index (χ2v) is 21.0. The van der Waals surface area contributed by atoms with Crippen molar-refractivity contribution in [3.8, 4) is 28.2 Å². The summed E-state index contributed by atoms with van der Waals surface area (Å²) in [5, 5.41) is 1.26. The molecule has 388 valence electrons. The first-order valence-electron chi connectivity index (χ1n) is 27.4. The van der Waals surface area contributed by atoms with Crippen molar-refractivity contribution in [2.45, 2.75) is 52.9 Å². The molecule has 0 saturated heterocycles. The molecule has 0 aliphatic carbocycles. The molecule has 2 aromatic heterocycles. The van der Waals surface area contributed by atoms with Gasteiger partial charge in [0, 0.05) is 85.5 Å². The molecular weight excluding hydrogens is 961 g/mol. The van der Waals surface area contributed by atoms with E-state index >= 15 is 0 Å². The fourth-order valence-electron chi connectivity index (χ4n) is 10.9. The van der Waals surface area contributed by atoms with E-state index in [9.17, 15) is 0 Å². The van der Waals surface area contributed by atoms with Crippen LogP contribution in [0.2, 0.25) is 0 Å². The average Bonchev–Trinajstić information content (AvgIpc) is 3.92. The second-order valence-electron chi connectivity index (χ2n) is 21.0. The molecule has 0 fully saturated rings. The Balaban J connectivity index is 0.965. The lowest BCUT2D eigenvalue weighted by molar-refractivity contribution is 0.594. The Labute approximate surface area is 466 Å². The average molecular weight is 1030 g/mol. The molecule has 0 radical (unpaired) electrons. The van der Waals surface area contributed by atoms with Crippen molar-refractivity contribution >= 4 is 73.5 Å². The largest absolute Gasteiger partial charge is 0.337 e. The molecule has 2 heterocycles. The van der Waals surface area contributed by atoms with Gasteiger partial charge < -0.3 is 19.3 Å². The third-order valence-corrected chi connectivity index (χ3v) is 14.8. The minimum atomic E-state index is -0.148. The molecule has 0 atom stereocenters. The summed E-state index contributed by atoms with van der Waals surface area (Å²) in [6.45, 7) is 19.9. The Kier molecular flexibility index (Phi) is 14.8. The zero-order chi connectivity index (χ0) is 54.5. The molecular formula is C73H66N6. The number of rotatable bonds is 17. The van der Waals surface area contributed by atoms with Gasteiger partial charge in [-0.2, -0.15) is 0 Å². The maximum absolute atomic E-state index is 5.58. The van der Waals surface area contributed by atoms with Crippen LogP contribution >= 0.6 is 0 Å². The summed E-state index contributed by atoms with van der Waals surface area (Å²) in [6.07, 6.45) is 10.2. The lowest BCUT2D eigenvalue weighted by Crippen LogP contribution is -2.18. The van der Waals surface area contributed by atoms with Gasteiger partial charge in [-0.1, -0.05) is 161 Å². The number of fused-ring (bicyclic) bond motifs is 2. The summed E-state index contributed by atoms with van der Waals surface area (Å²) in [4.78, 5) is 18.0. The van der Waals surface area contributed by atoms with Crippen molar-refractivity contribution in [2.24, 2.45) is 0 Å². The van der Waals surface area contributed by atoms with E-state index in [4.69, 9.17) is 9.97 Å². The van der Waals surface area contributed by atoms with Gasteiger partial charge in [0.2, 0.25) is 0 Å². The topological polar surface area (TPSA) is 40.4 Å². The van der Waals surface area contributed by atoms with Crippen LogP contribution in [-0.2, 0) is 11.8 Å². The van der Waals surface area contributed by atoms with E-state index in [0.717, 1.165) is 103 Å². The molecule has 0 unspecified atom stereocenters. The summed E-state index contributed by atoms with van der Waals surface area (Å²) in [7, 11) is 0. The maximum Gasteiger partial charge on any atom is 0.0973 e. The Morgan fingerprint density at radius 3 is 1.58 bits per heavy atom. The van der Waals surface area contributed by atoms with Crippen LogP contribution in [0.1, 0.15) is 56.5 Å². The predicted molar refractivity (Wildman–Crippen MR) is 337 cm³/mol. The van der Waals surface area contributed by atoms with E-state index in [1.165, 1.54) is 27.7 Å². The van der Waals surface area contributed by atoms with Gasteiger partial charge in [-0.25, -0.2) is 9.97 Å². The summed E-state index contributed by atoms with van der Waals surface area (Å²) < 4.78 is 2.38. The smallest absolute Gasteiger partial charge is 0.0973 e. The Morgan fingerprint density at radius 1 is 0.506 bits per heavy atom. The highest BCUT2D eigenvalue weighted by atomic mass is 15.2. The molecule has 6 heteroatoms. The highest BCUT2D eigenvalue weighted by Gasteiger charge is 2.23. The lowest BCUT2D eigenvalue weighted by atomic mass is 9.86. The summed E-state index contributed by atoms with van der Waals surface area (Å²) in [6, 6.07) is 80.1. The number of benzene rings is 9. The molecule has 9 aromatic carbocycles. The first-order chi connectivity index (χ1) is 38.6. The minimum Gasteiger partial charge on any atom is -0.337 e. The van der Waals surface area contributed by atoms with Gasteiger partial charge in [-0.05, 0) is 152 Å². The quantitative estimate of drug-likeness (QED) is 0.0850. The number of hydrogen-bond donors (Lipinski definition) is 0. The fourth-order valence-corrected chi connectivity index (χ4v) is 10.9. The number of para-hydroxylation sites is 5. The van der Waals surface area contributed by atoms with Crippen molar-refractivity contribution in [1.82, 2.24) is 14.5 Å². The van der Waals surface area contributed by atoms with Gasteiger partial charge in [0.1, 0.15) is 0 Å². The van der Waals surface area contributed by atoms with Gasteiger partial charge in [0.25, 0.3) is 0 Å². The molecule has 6 nitrogen and oxygen atoms in total. The number of anilines is 8. The van der Waals surface area contributed by atoms with Crippen LogP contribution in [0.25, 0.3) is 56.2 Å². The Bertz CT molecular complexity index is 3940. The highest BCUT2D eigenvalue weighted by Crippen LogP contribution is 2.42. The Morgan fingerprint density at radius 2 is 1.01 bits per heavy atom. The van der Waals surface area contributed by atoms with Crippen molar-refractivity contribution in [2.75, 3.05) is 21.2 Å². The van der Waals surface area contributed by atoms with Crippen molar-refractivity contribution in [3.05, 3.63) is 278 Å². The third kappa shape index (κ3) is 10.4. The maximum atomic E-state index is 5.58. The minimum absolute atomic E-state index is 0.148. The SMILES string of the molecule is C=CCc1ccccc1N(CC=C)c1ccc(N(c2ccccc2)c2ccc(-c3nc4cccc(C(C)(C)C)c4nc3-c3ccc(N(c4ccccc4)c4ccc(-n5c(C)c(/C=C\CC)c6ccccc65)cc4)cc3)cc2)cc1. The molecule has 11 rings (SSSR count). The monoisotopic (exact) mass is 1030 g/mol. The van der Waals surface area contributed by atoms with E-state index in [-0.39, 0.29) is 5.41 Å². The fraction of sp³-hybridized carbons (Fsp3) is 0.123. The van der Waals surface area contributed by atoms with Gasteiger partial charge >= 0.3 is 0 Å². The Hall–Kier alpha value is -9.52. The van der Waals surface area contributed by atoms with E-state index in [0.29, 0.717) is 6.54 Å². The van der Waals surface area contributed by atoms with Gasteiger partial charge in [-0.3, -0.25) is 0 Å². The van der Waals surface area contributed by atoms with Crippen LogP contribution in [0, 0.1) is 6.92 Å². The zero-order valence-electron chi connectivity index (χ0n) is 45.9. The van der Waals surface area contributed by atoms with E-state index in [1.807, 2.05) is 12.2 Å². The summed E-state index contributed by atoms with van der Waals surface area (Å²) in [5.74, 6) is 0. The van der Waals surface area contributed by atoms with Gasteiger partial charge in [0.05, 0.1) is 27.9 Å². The van der Waals surface area contributed by atoms with E-state index in [1.54, 1.807) is 0 Å². The molecule has 0 aliphatic heterocycles. The number of hydrogen-bond acceptors (Lipinski definition) is 5. The second kappa shape index (κ2) is 22.6.